The molecule has 128 valence electrons. The number of nitrogens with two attached hydrogens (primary N) is 1. The van der Waals surface area contributed by atoms with Gasteiger partial charge in [-0.2, -0.15) is 0 Å². The van der Waals surface area contributed by atoms with Crippen molar-refractivity contribution in [1.29, 1.82) is 0 Å². The normalized spacial score (nSPS) is 11.0. The van der Waals surface area contributed by atoms with Gasteiger partial charge < -0.3 is 5.73 Å². The van der Waals surface area contributed by atoms with E-state index in [1.54, 1.807) is 6.20 Å². The lowest BCUT2D eigenvalue weighted by Crippen LogP contribution is -1.97. The number of pyridine rings is 1. The molecule has 0 radical (unpaired) electrons. The fourth-order valence-corrected chi connectivity index (χ4v) is 4.33. The summed E-state index contributed by atoms with van der Waals surface area (Å²) in [5.74, 6) is 0. The Morgan fingerprint density at radius 3 is 2.35 bits per heavy atom. The molecule has 0 fully saturated rings. The van der Waals surface area contributed by atoms with Crippen LogP contribution in [0.1, 0.15) is 0 Å². The first-order chi connectivity index (χ1) is 12.7. The summed E-state index contributed by atoms with van der Waals surface area (Å²) in [5.41, 5.74) is 7.84. The summed E-state index contributed by atoms with van der Waals surface area (Å²) in [7, 11) is 0. The van der Waals surface area contributed by atoms with Crippen LogP contribution in [0.3, 0.4) is 0 Å². The number of nitrogen functional groups attached to an aromatic ring is 1. The summed E-state index contributed by atoms with van der Waals surface area (Å²) in [6.45, 7) is 0. The van der Waals surface area contributed by atoms with E-state index >= 15 is 0 Å². The second kappa shape index (κ2) is 7.53. The van der Waals surface area contributed by atoms with Gasteiger partial charge in [-0.1, -0.05) is 53.3 Å². The summed E-state index contributed by atoms with van der Waals surface area (Å²) in [5, 5.41) is 3.22. The monoisotopic (exact) mass is 396 g/mol. The van der Waals surface area contributed by atoms with E-state index < -0.39 is 0 Å². The molecule has 2 aromatic heterocycles. The molecule has 26 heavy (non-hydrogen) atoms. The molecule has 0 unspecified atom stereocenters. The number of hydrogen-bond donors (Lipinski definition) is 1. The number of aromatic nitrogens is 3. The summed E-state index contributed by atoms with van der Waals surface area (Å²) < 4.78 is 0. The van der Waals surface area contributed by atoms with E-state index in [0.29, 0.717) is 10.7 Å². The summed E-state index contributed by atoms with van der Waals surface area (Å²) >= 11 is 8.93. The van der Waals surface area contributed by atoms with Gasteiger partial charge in [-0.3, -0.25) is 4.98 Å². The summed E-state index contributed by atoms with van der Waals surface area (Å²) in [4.78, 5) is 15.2. The number of fused-ring (bicyclic) bond motifs is 1. The third kappa shape index (κ3) is 3.62. The number of nitrogens with zero attached hydrogens (tertiary/aromatic N) is 3. The van der Waals surface area contributed by atoms with E-state index in [4.69, 9.17) is 17.3 Å². The Labute approximate surface area is 164 Å². The lowest BCUT2D eigenvalue weighted by atomic mass is 10.2. The summed E-state index contributed by atoms with van der Waals surface area (Å²) in [6.07, 6.45) is 3.33. The van der Waals surface area contributed by atoms with E-state index in [1.165, 1.54) is 29.9 Å². The van der Waals surface area contributed by atoms with Crippen molar-refractivity contribution in [2.75, 3.05) is 5.73 Å². The fourth-order valence-electron chi connectivity index (χ4n) is 2.40. The third-order valence-corrected chi connectivity index (χ3v) is 5.99. The van der Waals surface area contributed by atoms with Crippen LogP contribution in [0.5, 0.6) is 0 Å². The van der Waals surface area contributed by atoms with Crippen molar-refractivity contribution in [2.45, 2.75) is 19.8 Å². The van der Waals surface area contributed by atoms with Gasteiger partial charge in [0.1, 0.15) is 16.4 Å². The van der Waals surface area contributed by atoms with Crippen LogP contribution < -0.4 is 5.73 Å². The van der Waals surface area contributed by atoms with Crippen molar-refractivity contribution in [3.63, 3.8) is 0 Å². The largest absolute Gasteiger partial charge is 0.394 e. The minimum Gasteiger partial charge on any atom is -0.394 e. The topological polar surface area (TPSA) is 64.7 Å². The second-order valence-electron chi connectivity index (χ2n) is 5.39. The first-order valence-corrected chi connectivity index (χ1v) is 9.77. The van der Waals surface area contributed by atoms with Gasteiger partial charge in [0, 0.05) is 26.4 Å². The van der Waals surface area contributed by atoms with E-state index in [2.05, 4.69) is 15.0 Å². The van der Waals surface area contributed by atoms with Gasteiger partial charge in [0.2, 0.25) is 0 Å². The van der Waals surface area contributed by atoms with Crippen LogP contribution in [0.15, 0.2) is 87.0 Å². The van der Waals surface area contributed by atoms with Crippen molar-refractivity contribution in [2.24, 2.45) is 0 Å². The number of rotatable bonds is 4. The first-order valence-electron chi connectivity index (χ1n) is 7.76. The fraction of sp³-hybridized carbons (Fsp3) is 0. The van der Waals surface area contributed by atoms with Gasteiger partial charge in [-0.25, -0.2) is 9.97 Å². The van der Waals surface area contributed by atoms with Gasteiger partial charge in [-0.05, 0) is 36.4 Å². The number of para-hydroxylation sites is 1. The molecule has 0 amide bonds. The molecular formula is C19H13ClN4S2. The molecule has 0 spiro atoms. The zero-order valence-corrected chi connectivity index (χ0v) is 15.9. The van der Waals surface area contributed by atoms with Gasteiger partial charge in [0.25, 0.3) is 0 Å². The molecule has 0 aliphatic heterocycles. The van der Waals surface area contributed by atoms with Crippen LogP contribution in [-0.4, -0.2) is 15.0 Å². The van der Waals surface area contributed by atoms with Gasteiger partial charge in [0.15, 0.2) is 0 Å². The highest BCUT2D eigenvalue weighted by molar-refractivity contribution is 8.00. The van der Waals surface area contributed by atoms with E-state index in [0.717, 1.165) is 30.7 Å². The van der Waals surface area contributed by atoms with E-state index in [9.17, 15) is 0 Å². The van der Waals surface area contributed by atoms with Crippen LogP contribution in [0.4, 0.5) is 5.69 Å². The van der Waals surface area contributed by atoms with Crippen LogP contribution in [0, 0.1) is 0 Å². The molecule has 4 nitrogen and oxygen atoms in total. The highest BCUT2D eigenvalue weighted by Crippen LogP contribution is 2.39. The molecule has 2 heterocycles. The van der Waals surface area contributed by atoms with Crippen LogP contribution in [0.25, 0.3) is 10.9 Å². The molecule has 0 saturated carbocycles. The SMILES string of the molecule is Nc1c(Sc2ccc(Cl)cc2)ncnc1Sc1cccc2cccnc12. The number of halogens is 1. The highest BCUT2D eigenvalue weighted by atomic mass is 35.5. The molecule has 4 aromatic rings. The Bertz CT molecular complexity index is 1070. The smallest absolute Gasteiger partial charge is 0.128 e. The van der Waals surface area contributed by atoms with Gasteiger partial charge in [-0.15, -0.1) is 0 Å². The molecule has 0 bridgehead atoms. The van der Waals surface area contributed by atoms with Gasteiger partial charge in [0.05, 0.1) is 11.2 Å². The predicted molar refractivity (Wildman–Crippen MR) is 108 cm³/mol. The molecule has 4 rings (SSSR count). The van der Waals surface area contributed by atoms with Crippen LogP contribution in [0.2, 0.25) is 5.02 Å². The highest BCUT2D eigenvalue weighted by Gasteiger charge is 2.13. The molecule has 0 aliphatic carbocycles. The van der Waals surface area contributed by atoms with Crippen molar-refractivity contribution in [3.8, 4) is 0 Å². The lowest BCUT2D eigenvalue weighted by molar-refractivity contribution is 0.975. The maximum absolute atomic E-state index is 6.34. The molecule has 2 aromatic carbocycles. The maximum atomic E-state index is 6.34. The Morgan fingerprint density at radius 2 is 1.54 bits per heavy atom. The van der Waals surface area contributed by atoms with E-state index in [-0.39, 0.29) is 0 Å². The lowest BCUT2D eigenvalue weighted by Gasteiger charge is -2.09. The van der Waals surface area contributed by atoms with Crippen molar-refractivity contribution in [3.05, 3.63) is 72.1 Å². The Morgan fingerprint density at radius 1 is 0.808 bits per heavy atom. The second-order valence-corrected chi connectivity index (χ2v) is 7.92. The maximum Gasteiger partial charge on any atom is 0.128 e. The summed E-state index contributed by atoms with van der Waals surface area (Å²) in [6, 6.07) is 17.6. The average Bonchev–Trinajstić information content (AvgIpc) is 2.67. The number of benzene rings is 2. The number of hydrogen-bond acceptors (Lipinski definition) is 6. The number of anilines is 1. The molecule has 0 atom stereocenters. The van der Waals surface area contributed by atoms with Crippen molar-refractivity contribution in [1.82, 2.24) is 15.0 Å². The molecular weight excluding hydrogens is 384 g/mol. The Balaban J connectivity index is 1.66. The molecule has 2 N–H and O–H groups in total. The molecule has 0 saturated heterocycles. The van der Waals surface area contributed by atoms with Crippen molar-refractivity contribution < 1.29 is 0 Å². The quantitative estimate of drug-likeness (QED) is 0.455. The zero-order chi connectivity index (χ0) is 17.9. The zero-order valence-electron chi connectivity index (χ0n) is 13.5. The first kappa shape index (κ1) is 17.1. The van der Waals surface area contributed by atoms with E-state index in [1.807, 2.05) is 54.6 Å². The van der Waals surface area contributed by atoms with Crippen molar-refractivity contribution >= 4 is 51.7 Å². The van der Waals surface area contributed by atoms with Gasteiger partial charge >= 0.3 is 0 Å². The Kier molecular flexibility index (Phi) is 4.97. The van der Waals surface area contributed by atoms with Crippen LogP contribution >= 0.6 is 35.1 Å². The molecule has 7 heteroatoms. The Hall–Kier alpha value is -2.28. The standard InChI is InChI=1S/C19H13ClN4S2/c20-13-6-8-14(9-7-13)25-18-16(21)19(24-11-23-18)26-15-5-1-3-12-4-2-10-22-17(12)15/h1-11H,21H2. The molecule has 0 aliphatic rings. The van der Waals surface area contributed by atoms with Crippen LogP contribution in [-0.2, 0) is 0 Å². The minimum atomic E-state index is 0.561. The predicted octanol–water partition coefficient (Wildman–Crippen LogP) is 5.56. The minimum absolute atomic E-state index is 0.561. The average molecular weight is 397 g/mol. The third-order valence-electron chi connectivity index (χ3n) is 3.64.